The Bertz CT molecular complexity index is 413. The second-order valence-electron chi connectivity index (χ2n) is 3.56. The Morgan fingerprint density at radius 2 is 2.31 bits per heavy atom. The number of sulfonamides is 1. The van der Waals surface area contributed by atoms with Crippen LogP contribution in [0.5, 0.6) is 0 Å². The van der Waals surface area contributed by atoms with Gasteiger partial charge in [-0.05, 0) is 13.0 Å². The Morgan fingerprint density at radius 1 is 1.56 bits per heavy atom. The van der Waals surface area contributed by atoms with E-state index < -0.39 is 10.0 Å². The SMILES string of the molecule is Cn1ccnc1CCNS(=O)(=O)CCCN. The number of hydrogen-bond donors (Lipinski definition) is 2. The monoisotopic (exact) mass is 246 g/mol. The Labute approximate surface area is 95.9 Å². The fourth-order valence-electron chi connectivity index (χ4n) is 1.30. The van der Waals surface area contributed by atoms with E-state index in [4.69, 9.17) is 5.73 Å². The minimum Gasteiger partial charge on any atom is -0.338 e. The molecule has 0 amide bonds. The molecule has 0 aliphatic carbocycles. The number of imidazole rings is 1. The topological polar surface area (TPSA) is 90.0 Å². The predicted octanol–water partition coefficient (Wildman–Crippen LogP) is -0.769. The Hall–Kier alpha value is -0.920. The second-order valence-corrected chi connectivity index (χ2v) is 5.49. The van der Waals surface area contributed by atoms with Gasteiger partial charge < -0.3 is 10.3 Å². The molecule has 0 fully saturated rings. The number of aryl methyl sites for hydroxylation is 1. The minimum absolute atomic E-state index is 0.0874. The lowest BCUT2D eigenvalue weighted by Crippen LogP contribution is -2.29. The lowest BCUT2D eigenvalue weighted by molar-refractivity contribution is 0.577. The van der Waals surface area contributed by atoms with Crippen molar-refractivity contribution >= 4 is 10.0 Å². The zero-order valence-corrected chi connectivity index (χ0v) is 10.2. The lowest BCUT2D eigenvalue weighted by atomic mass is 10.4. The molecule has 0 aliphatic heterocycles. The third kappa shape index (κ3) is 4.30. The molecule has 0 bridgehead atoms. The summed E-state index contributed by atoms with van der Waals surface area (Å²) in [7, 11) is -1.30. The van der Waals surface area contributed by atoms with Gasteiger partial charge in [0.05, 0.1) is 5.75 Å². The van der Waals surface area contributed by atoms with Crippen LogP contribution in [0, 0.1) is 0 Å². The molecule has 0 aliphatic rings. The van der Waals surface area contributed by atoms with Crippen molar-refractivity contribution in [3.63, 3.8) is 0 Å². The molecule has 0 radical (unpaired) electrons. The van der Waals surface area contributed by atoms with Gasteiger partial charge in [-0.3, -0.25) is 0 Å². The highest BCUT2D eigenvalue weighted by atomic mass is 32.2. The summed E-state index contributed by atoms with van der Waals surface area (Å²) in [5.41, 5.74) is 5.26. The molecule has 0 unspecified atom stereocenters. The summed E-state index contributed by atoms with van der Waals surface area (Å²) in [6, 6.07) is 0. The summed E-state index contributed by atoms with van der Waals surface area (Å²) in [6.45, 7) is 0.762. The number of nitrogens with two attached hydrogens (primary N) is 1. The van der Waals surface area contributed by atoms with Crippen LogP contribution in [0.4, 0.5) is 0 Å². The van der Waals surface area contributed by atoms with Crippen LogP contribution >= 0.6 is 0 Å². The van der Waals surface area contributed by atoms with E-state index in [-0.39, 0.29) is 5.75 Å². The van der Waals surface area contributed by atoms with Gasteiger partial charge in [0.15, 0.2) is 0 Å². The summed E-state index contributed by atoms with van der Waals surface area (Å²) >= 11 is 0. The van der Waals surface area contributed by atoms with E-state index in [2.05, 4.69) is 9.71 Å². The van der Waals surface area contributed by atoms with Crippen LogP contribution in [-0.4, -0.2) is 36.8 Å². The quantitative estimate of drug-likeness (QED) is 0.661. The third-order valence-corrected chi connectivity index (χ3v) is 3.68. The summed E-state index contributed by atoms with van der Waals surface area (Å²) < 4.78 is 27.2. The van der Waals surface area contributed by atoms with Gasteiger partial charge in [-0.25, -0.2) is 18.1 Å². The highest BCUT2D eigenvalue weighted by Gasteiger charge is 2.09. The highest BCUT2D eigenvalue weighted by Crippen LogP contribution is 1.95. The lowest BCUT2D eigenvalue weighted by Gasteiger charge is -2.05. The Balaban J connectivity index is 2.33. The van der Waals surface area contributed by atoms with Crippen LogP contribution in [0.2, 0.25) is 0 Å². The maximum Gasteiger partial charge on any atom is 0.211 e. The fourth-order valence-corrected chi connectivity index (χ4v) is 2.41. The number of aromatic nitrogens is 2. The van der Waals surface area contributed by atoms with Crippen LogP contribution in [-0.2, 0) is 23.5 Å². The van der Waals surface area contributed by atoms with Crippen molar-refractivity contribution in [3.05, 3.63) is 18.2 Å². The second kappa shape index (κ2) is 5.97. The first-order valence-electron chi connectivity index (χ1n) is 5.19. The van der Waals surface area contributed by atoms with Gasteiger partial charge in [-0.2, -0.15) is 0 Å². The Morgan fingerprint density at radius 3 is 2.88 bits per heavy atom. The first-order chi connectivity index (χ1) is 7.55. The maximum atomic E-state index is 11.4. The maximum absolute atomic E-state index is 11.4. The molecular formula is C9H18N4O2S. The molecule has 16 heavy (non-hydrogen) atoms. The van der Waals surface area contributed by atoms with E-state index in [9.17, 15) is 8.42 Å². The molecule has 92 valence electrons. The van der Waals surface area contributed by atoms with Crippen molar-refractivity contribution in [2.45, 2.75) is 12.8 Å². The molecule has 0 saturated carbocycles. The van der Waals surface area contributed by atoms with Crippen molar-refractivity contribution < 1.29 is 8.42 Å². The van der Waals surface area contributed by atoms with E-state index in [0.29, 0.717) is 25.9 Å². The summed E-state index contributed by atoms with van der Waals surface area (Å²) in [4.78, 5) is 4.11. The van der Waals surface area contributed by atoms with E-state index in [1.54, 1.807) is 6.20 Å². The van der Waals surface area contributed by atoms with Crippen LogP contribution in [0.25, 0.3) is 0 Å². The van der Waals surface area contributed by atoms with Gasteiger partial charge in [-0.1, -0.05) is 0 Å². The first kappa shape index (κ1) is 13.1. The van der Waals surface area contributed by atoms with E-state index >= 15 is 0 Å². The molecule has 0 atom stereocenters. The normalized spacial score (nSPS) is 11.9. The van der Waals surface area contributed by atoms with E-state index in [1.807, 2.05) is 17.8 Å². The standard InChI is InChI=1S/C9H18N4O2S/c1-13-7-6-11-9(13)3-5-12-16(14,15)8-2-4-10/h6-7,12H,2-5,8,10H2,1H3. The summed E-state index contributed by atoms with van der Waals surface area (Å²) in [6.07, 6.45) is 4.60. The average molecular weight is 246 g/mol. The largest absolute Gasteiger partial charge is 0.338 e. The number of hydrogen-bond acceptors (Lipinski definition) is 4. The van der Waals surface area contributed by atoms with Crippen molar-refractivity contribution in [1.82, 2.24) is 14.3 Å². The first-order valence-corrected chi connectivity index (χ1v) is 6.84. The van der Waals surface area contributed by atoms with Gasteiger partial charge in [0, 0.05) is 32.4 Å². The van der Waals surface area contributed by atoms with Gasteiger partial charge in [-0.15, -0.1) is 0 Å². The molecule has 1 heterocycles. The van der Waals surface area contributed by atoms with E-state index in [1.165, 1.54) is 0 Å². The fraction of sp³-hybridized carbons (Fsp3) is 0.667. The highest BCUT2D eigenvalue weighted by molar-refractivity contribution is 7.89. The molecule has 0 spiro atoms. The molecule has 7 heteroatoms. The molecular weight excluding hydrogens is 228 g/mol. The number of nitrogens with zero attached hydrogens (tertiary/aromatic N) is 2. The average Bonchev–Trinajstić information content (AvgIpc) is 2.62. The zero-order valence-electron chi connectivity index (χ0n) is 9.39. The zero-order chi connectivity index (χ0) is 12.0. The molecule has 0 aromatic carbocycles. The molecule has 6 nitrogen and oxygen atoms in total. The molecule has 1 aromatic heterocycles. The predicted molar refractivity (Wildman–Crippen MR) is 62.4 cm³/mol. The molecule has 1 rings (SSSR count). The van der Waals surface area contributed by atoms with Gasteiger partial charge in [0.2, 0.25) is 10.0 Å². The van der Waals surface area contributed by atoms with Crippen molar-refractivity contribution in [2.75, 3.05) is 18.8 Å². The smallest absolute Gasteiger partial charge is 0.211 e. The van der Waals surface area contributed by atoms with Crippen molar-refractivity contribution in [2.24, 2.45) is 12.8 Å². The van der Waals surface area contributed by atoms with Crippen molar-refractivity contribution in [1.29, 1.82) is 0 Å². The van der Waals surface area contributed by atoms with Gasteiger partial charge in [0.25, 0.3) is 0 Å². The van der Waals surface area contributed by atoms with Crippen LogP contribution < -0.4 is 10.5 Å². The van der Waals surface area contributed by atoms with Crippen LogP contribution in [0.15, 0.2) is 12.4 Å². The third-order valence-electron chi connectivity index (χ3n) is 2.21. The molecule has 1 aromatic rings. The molecule has 0 saturated heterocycles. The van der Waals surface area contributed by atoms with Crippen molar-refractivity contribution in [3.8, 4) is 0 Å². The Kier molecular flexibility index (Phi) is 4.91. The van der Waals surface area contributed by atoms with Gasteiger partial charge in [0.1, 0.15) is 5.82 Å². The summed E-state index contributed by atoms with van der Waals surface area (Å²) in [5.74, 6) is 0.950. The van der Waals surface area contributed by atoms with Crippen LogP contribution in [0.1, 0.15) is 12.2 Å². The van der Waals surface area contributed by atoms with E-state index in [0.717, 1.165) is 5.82 Å². The van der Waals surface area contributed by atoms with Gasteiger partial charge >= 0.3 is 0 Å². The number of rotatable bonds is 7. The number of nitrogens with one attached hydrogen (secondary N) is 1. The minimum atomic E-state index is -3.18. The van der Waals surface area contributed by atoms with Crippen LogP contribution in [0.3, 0.4) is 0 Å². The summed E-state index contributed by atoms with van der Waals surface area (Å²) in [5, 5.41) is 0. The molecule has 3 N–H and O–H groups in total.